The fourth-order valence-electron chi connectivity index (χ4n) is 3.33. The van der Waals surface area contributed by atoms with Crippen LogP contribution < -0.4 is 10.6 Å². The Balaban J connectivity index is 1.64. The highest BCUT2D eigenvalue weighted by atomic mass is 16.2. The van der Waals surface area contributed by atoms with Crippen LogP contribution in [0.1, 0.15) is 31.2 Å². The van der Waals surface area contributed by atoms with Gasteiger partial charge in [-0.05, 0) is 56.5 Å². The molecule has 110 valence electrons. The predicted octanol–water partition coefficient (Wildman–Crippen LogP) is 2.31. The molecule has 21 heavy (non-hydrogen) atoms. The van der Waals surface area contributed by atoms with Gasteiger partial charge in [0.2, 0.25) is 0 Å². The van der Waals surface area contributed by atoms with Gasteiger partial charge in [0.15, 0.2) is 0 Å². The molecule has 0 radical (unpaired) electrons. The number of rotatable bonds is 2. The fourth-order valence-corrected chi connectivity index (χ4v) is 3.33. The number of carbonyl (C=O) groups excluding carboxylic acids is 1. The Morgan fingerprint density at radius 1 is 1.29 bits per heavy atom. The summed E-state index contributed by atoms with van der Waals surface area (Å²) in [5.74, 6) is 0. The van der Waals surface area contributed by atoms with Crippen molar-refractivity contribution < 1.29 is 4.79 Å². The van der Waals surface area contributed by atoms with E-state index in [-0.39, 0.29) is 6.03 Å². The van der Waals surface area contributed by atoms with Crippen LogP contribution in [0.15, 0.2) is 24.3 Å². The third-order valence-corrected chi connectivity index (χ3v) is 4.39. The largest absolute Gasteiger partial charge is 0.322 e. The molecular weight excluding hydrogens is 264 g/mol. The maximum atomic E-state index is 12.5. The zero-order valence-corrected chi connectivity index (χ0v) is 12.0. The second kappa shape index (κ2) is 6.15. The number of nitrogens with one attached hydrogen (secondary N) is 2. The molecule has 0 spiro atoms. The Kier molecular flexibility index (Phi) is 4.07. The molecule has 2 atom stereocenters. The van der Waals surface area contributed by atoms with Gasteiger partial charge >= 0.3 is 6.03 Å². The molecule has 0 aromatic heterocycles. The van der Waals surface area contributed by atoms with Crippen molar-refractivity contribution in [1.82, 2.24) is 10.2 Å². The number of likely N-dealkylation sites (tertiary alicyclic amines) is 1. The van der Waals surface area contributed by atoms with Gasteiger partial charge in [-0.2, -0.15) is 5.26 Å². The first-order valence-electron chi connectivity index (χ1n) is 7.59. The quantitative estimate of drug-likeness (QED) is 0.875. The molecule has 5 nitrogen and oxygen atoms in total. The summed E-state index contributed by atoms with van der Waals surface area (Å²) in [7, 11) is 0. The van der Waals surface area contributed by atoms with Crippen molar-refractivity contribution in [3.05, 3.63) is 29.8 Å². The normalized spacial score (nSPS) is 24.8. The number of anilines is 1. The van der Waals surface area contributed by atoms with E-state index in [9.17, 15) is 4.79 Å². The lowest BCUT2D eigenvalue weighted by Crippen LogP contribution is -2.48. The molecule has 5 heteroatoms. The van der Waals surface area contributed by atoms with Crippen molar-refractivity contribution in [1.29, 1.82) is 5.26 Å². The molecule has 2 heterocycles. The van der Waals surface area contributed by atoms with Gasteiger partial charge in [-0.3, -0.25) is 0 Å². The maximum absolute atomic E-state index is 12.5. The Hall–Kier alpha value is -2.06. The Labute approximate surface area is 124 Å². The highest BCUT2D eigenvalue weighted by Gasteiger charge is 2.35. The molecule has 0 saturated carbocycles. The number of amides is 2. The summed E-state index contributed by atoms with van der Waals surface area (Å²) < 4.78 is 0. The first-order valence-corrected chi connectivity index (χ1v) is 7.59. The average molecular weight is 284 g/mol. The minimum atomic E-state index is -0.0316. The second-order valence-electron chi connectivity index (χ2n) is 5.73. The van der Waals surface area contributed by atoms with E-state index in [2.05, 4.69) is 16.7 Å². The third kappa shape index (κ3) is 3.01. The van der Waals surface area contributed by atoms with Crippen LogP contribution in [-0.4, -0.2) is 36.1 Å². The minimum absolute atomic E-state index is 0.0316. The summed E-state index contributed by atoms with van der Waals surface area (Å²) >= 11 is 0. The molecular formula is C16H20N4O. The smallest absolute Gasteiger partial charge is 0.320 e. The van der Waals surface area contributed by atoms with Crippen molar-refractivity contribution in [2.24, 2.45) is 0 Å². The summed E-state index contributed by atoms with van der Waals surface area (Å²) in [5, 5.41) is 15.2. The van der Waals surface area contributed by atoms with Crippen molar-refractivity contribution in [2.45, 2.75) is 37.8 Å². The number of urea groups is 1. The van der Waals surface area contributed by atoms with E-state index >= 15 is 0 Å². The molecule has 2 saturated heterocycles. The standard InChI is InChI=1S/C16H20N4O/c17-11-12-5-7-13(8-6-12)19-16(21)20-10-2-4-15(20)14-3-1-9-18-14/h5-8,14-15,18H,1-4,9-10H2,(H,19,21). The van der Waals surface area contributed by atoms with Gasteiger partial charge in [-0.15, -0.1) is 0 Å². The molecule has 2 fully saturated rings. The molecule has 0 bridgehead atoms. The molecule has 2 unspecified atom stereocenters. The Morgan fingerprint density at radius 2 is 2.10 bits per heavy atom. The van der Waals surface area contributed by atoms with Gasteiger partial charge in [0.1, 0.15) is 0 Å². The van der Waals surface area contributed by atoms with E-state index in [4.69, 9.17) is 5.26 Å². The number of nitriles is 1. The zero-order valence-electron chi connectivity index (χ0n) is 12.0. The van der Waals surface area contributed by atoms with Gasteiger partial charge < -0.3 is 15.5 Å². The molecule has 1 aromatic rings. The lowest BCUT2D eigenvalue weighted by Gasteiger charge is -2.29. The van der Waals surface area contributed by atoms with Gasteiger partial charge in [-0.1, -0.05) is 0 Å². The number of benzene rings is 1. The lowest BCUT2D eigenvalue weighted by molar-refractivity contribution is 0.195. The highest BCUT2D eigenvalue weighted by molar-refractivity contribution is 5.89. The first-order chi connectivity index (χ1) is 10.3. The van der Waals surface area contributed by atoms with Crippen LogP contribution in [0.25, 0.3) is 0 Å². The number of nitrogens with zero attached hydrogens (tertiary/aromatic N) is 2. The van der Waals surface area contributed by atoms with Crippen molar-refractivity contribution >= 4 is 11.7 Å². The van der Waals surface area contributed by atoms with Gasteiger partial charge in [0, 0.05) is 24.3 Å². The van der Waals surface area contributed by atoms with Gasteiger partial charge in [0.25, 0.3) is 0 Å². The highest BCUT2D eigenvalue weighted by Crippen LogP contribution is 2.25. The molecule has 3 rings (SSSR count). The SMILES string of the molecule is N#Cc1ccc(NC(=O)N2CCCC2C2CCCN2)cc1. The number of hydrogen-bond donors (Lipinski definition) is 2. The van der Waals surface area contributed by atoms with Crippen LogP contribution in [0.3, 0.4) is 0 Å². The molecule has 2 aliphatic heterocycles. The average Bonchev–Trinajstić information content (AvgIpc) is 3.18. The van der Waals surface area contributed by atoms with E-state index < -0.39 is 0 Å². The van der Waals surface area contributed by atoms with Crippen LogP contribution in [0.5, 0.6) is 0 Å². The zero-order chi connectivity index (χ0) is 14.7. The predicted molar refractivity (Wildman–Crippen MR) is 80.9 cm³/mol. The molecule has 0 aliphatic carbocycles. The van der Waals surface area contributed by atoms with Crippen LogP contribution >= 0.6 is 0 Å². The topological polar surface area (TPSA) is 68.2 Å². The molecule has 1 aromatic carbocycles. The van der Waals surface area contributed by atoms with Gasteiger partial charge in [-0.25, -0.2) is 4.79 Å². The van der Waals surface area contributed by atoms with Crippen molar-refractivity contribution in [2.75, 3.05) is 18.4 Å². The van der Waals surface area contributed by atoms with Crippen LogP contribution in [-0.2, 0) is 0 Å². The first kappa shape index (κ1) is 13.9. The monoisotopic (exact) mass is 284 g/mol. The van der Waals surface area contributed by atoms with Crippen molar-refractivity contribution in [3.63, 3.8) is 0 Å². The van der Waals surface area contributed by atoms with Gasteiger partial charge in [0.05, 0.1) is 11.6 Å². The summed E-state index contributed by atoms with van der Waals surface area (Å²) in [4.78, 5) is 14.4. The van der Waals surface area contributed by atoms with E-state index in [1.807, 2.05) is 4.90 Å². The number of carbonyl (C=O) groups is 1. The molecule has 2 N–H and O–H groups in total. The van der Waals surface area contributed by atoms with E-state index in [1.165, 1.54) is 6.42 Å². The Morgan fingerprint density at radius 3 is 2.76 bits per heavy atom. The Bertz CT molecular complexity index is 542. The minimum Gasteiger partial charge on any atom is -0.320 e. The fraction of sp³-hybridized carbons (Fsp3) is 0.500. The van der Waals surface area contributed by atoms with Crippen LogP contribution in [0.2, 0.25) is 0 Å². The summed E-state index contributed by atoms with van der Waals surface area (Å²) in [5.41, 5.74) is 1.34. The molecule has 2 amide bonds. The molecule has 2 aliphatic rings. The number of hydrogen-bond acceptors (Lipinski definition) is 3. The van der Waals surface area contributed by atoms with Crippen LogP contribution in [0, 0.1) is 11.3 Å². The van der Waals surface area contributed by atoms with E-state index in [1.54, 1.807) is 24.3 Å². The summed E-state index contributed by atoms with van der Waals surface area (Å²) in [6, 6.07) is 9.78. The van der Waals surface area contributed by atoms with E-state index in [0.29, 0.717) is 17.6 Å². The summed E-state index contributed by atoms with van der Waals surface area (Å²) in [6.07, 6.45) is 4.51. The lowest BCUT2D eigenvalue weighted by atomic mass is 10.0. The van der Waals surface area contributed by atoms with E-state index in [0.717, 1.165) is 38.0 Å². The van der Waals surface area contributed by atoms with Crippen LogP contribution in [0.4, 0.5) is 10.5 Å². The second-order valence-corrected chi connectivity index (χ2v) is 5.73. The third-order valence-electron chi connectivity index (χ3n) is 4.39. The summed E-state index contributed by atoms with van der Waals surface area (Å²) in [6.45, 7) is 1.89. The van der Waals surface area contributed by atoms with Crippen molar-refractivity contribution in [3.8, 4) is 6.07 Å². The maximum Gasteiger partial charge on any atom is 0.322 e.